The number of aromatic amines is 1. The Morgan fingerprint density at radius 1 is 1.00 bits per heavy atom. The van der Waals surface area contributed by atoms with E-state index in [2.05, 4.69) is 15.0 Å². The molecule has 3 aromatic rings. The molecule has 0 saturated heterocycles. The molecule has 0 bridgehead atoms. The van der Waals surface area contributed by atoms with Crippen LogP contribution in [0.1, 0.15) is 0 Å². The number of nitrogens with one attached hydrogen (secondary N) is 1. The predicted molar refractivity (Wildman–Crippen MR) is 70.0 cm³/mol. The van der Waals surface area contributed by atoms with Gasteiger partial charge in [-0.3, -0.25) is 9.78 Å². The predicted octanol–water partition coefficient (Wildman–Crippen LogP) is 1.57. The van der Waals surface area contributed by atoms with Crippen LogP contribution >= 0.6 is 0 Å². The normalized spacial score (nSPS) is 10.7. The number of hydrogen-bond donors (Lipinski definition) is 2. The first-order chi connectivity index (χ1) is 8.74. The molecule has 5 heteroatoms. The summed E-state index contributed by atoms with van der Waals surface area (Å²) < 4.78 is 0. The van der Waals surface area contributed by atoms with Gasteiger partial charge < -0.3 is 5.73 Å². The minimum atomic E-state index is -0.274. The Balaban J connectivity index is 2.26. The first-order valence-corrected chi connectivity index (χ1v) is 5.46. The van der Waals surface area contributed by atoms with Crippen LogP contribution in [0.25, 0.3) is 22.3 Å². The third-order valence-corrected chi connectivity index (χ3v) is 2.66. The number of H-pyrrole nitrogens is 1. The van der Waals surface area contributed by atoms with Crippen molar-refractivity contribution in [3.8, 4) is 11.3 Å². The van der Waals surface area contributed by atoms with Gasteiger partial charge in [-0.1, -0.05) is 30.3 Å². The van der Waals surface area contributed by atoms with Gasteiger partial charge in [0.2, 0.25) is 5.95 Å². The maximum Gasteiger partial charge on any atom is 0.261 e. The molecule has 3 N–H and O–H groups in total. The van der Waals surface area contributed by atoms with Gasteiger partial charge in [-0.05, 0) is 12.1 Å². The molecule has 0 saturated carbocycles. The molecular formula is C13H10N4O. The summed E-state index contributed by atoms with van der Waals surface area (Å²) in [6.45, 7) is 0. The van der Waals surface area contributed by atoms with Crippen molar-refractivity contribution in [3.05, 3.63) is 52.8 Å². The van der Waals surface area contributed by atoms with Crippen LogP contribution in [0.5, 0.6) is 0 Å². The van der Waals surface area contributed by atoms with E-state index in [9.17, 15) is 4.79 Å². The molecule has 18 heavy (non-hydrogen) atoms. The molecule has 0 atom stereocenters. The zero-order valence-corrected chi connectivity index (χ0v) is 9.42. The number of pyridine rings is 1. The summed E-state index contributed by atoms with van der Waals surface area (Å²) in [6, 6.07) is 13.2. The Hall–Kier alpha value is -2.69. The fourth-order valence-electron chi connectivity index (χ4n) is 1.81. The maximum absolute atomic E-state index is 11.6. The second-order valence-electron chi connectivity index (χ2n) is 3.88. The third kappa shape index (κ3) is 1.71. The van der Waals surface area contributed by atoms with Crippen LogP contribution in [-0.4, -0.2) is 15.0 Å². The topological polar surface area (TPSA) is 84.7 Å². The number of nitrogens with two attached hydrogens (primary N) is 1. The monoisotopic (exact) mass is 238 g/mol. The highest BCUT2D eigenvalue weighted by Gasteiger charge is 2.05. The van der Waals surface area contributed by atoms with Crippen molar-refractivity contribution >= 4 is 17.0 Å². The molecule has 0 spiro atoms. The van der Waals surface area contributed by atoms with Crippen LogP contribution < -0.4 is 11.3 Å². The van der Waals surface area contributed by atoms with Crippen molar-refractivity contribution in [2.24, 2.45) is 0 Å². The molecule has 0 amide bonds. The average Bonchev–Trinajstić information content (AvgIpc) is 2.39. The van der Waals surface area contributed by atoms with Crippen molar-refractivity contribution in [3.63, 3.8) is 0 Å². The lowest BCUT2D eigenvalue weighted by atomic mass is 10.1. The van der Waals surface area contributed by atoms with E-state index < -0.39 is 0 Å². The van der Waals surface area contributed by atoms with Gasteiger partial charge in [0, 0.05) is 5.56 Å². The number of benzene rings is 1. The number of anilines is 1. The lowest BCUT2D eigenvalue weighted by Gasteiger charge is -2.02. The van der Waals surface area contributed by atoms with Gasteiger partial charge in [0.1, 0.15) is 0 Å². The van der Waals surface area contributed by atoms with Crippen molar-refractivity contribution in [2.45, 2.75) is 0 Å². The van der Waals surface area contributed by atoms with Gasteiger partial charge >= 0.3 is 0 Å². The SMILES string of the molecule is Nc1nc2nc(-c3ccccc3)ccc2c(=O)[nH]1. The van der Waals surface area contributed by atoms with E-state index in [1.54, 1.807) is 12.1 Å². The van der Waals surface area contributed by atoms with Crippen molar-refractivity contribution in [1.82, 2.24) is 15.0 Å². The Kier molecular flexibility index (Phi) is 2.30. The first-order valence-electron chi connectivity index (χ1n) is 5.46. The van der Waals surface area contributed by atoms with Crippen LogP contribution in [0.2, 0.25) is 0 Å². The fourth-order valence-corrected chi connectivity index (χ4v) is 1.81. The number of aromatic nitrogens is 3. The van der Waals surface area contributed by atoms with Crippen LogP contribution in [0.3, 0.4) is 0 Å². The highest BCUT2D eigenvalue weighted by atomic mass is 16.1. The van der Waals surface area contributed by atoms with Crippen molar-refractivity contribution in [1.29, 1.82) is 0 Å². The molecule has 2 aromatic heterocycles. The largest absolute Gasteiger partial charge is 0.369 e. The molecule has 0 radical (unpaired) electrons. The minimum Gasteiger partial charge on any atom is -0.369 e. The van der Waals surface area contributed by atoms with E-state index in [1.807, 2.05) is 30.3 Å². The van der Waals surface area contributed by atoms with E-state index in [-0.39, 0.29) is 11.5 Å². The third-order valence-electron chi connectivity index (χ3n) is 2.66. The standard InChI is InChI=1S/C13H10N4O/c14-13-16-11-9(12(18)17-13)6-7-10(15-11)8-4-2-1-3-5-8/h1-7H,(H3,14,15,16,17,18). The van der Waals surface area contributed by atoms with Gasteiger partial charge in [-0.25, -0.2) is 4.98 Å². The van der Waals surface area contributed by atoms with Gasteiger partial charge in [-0.15, -0.1) is 0 Å². The second-order valence-corrected chi connectivity index (χ2v) is 3.88. The first kappa shape index (κ1) is 10.5. The molecule has 0 unspecified atom stereocenters. The minimum absolute atomic E-state index is 0.0743. The maximum atomic E-state index is 11.6. The highest BCUT2D eigenvalue weighted by Crippen LogP contribution is 2.18. The summed E-state index contributed by atoms with van der Waals surface area (Å²) in [4.78, 5) is 22.5. The molecule has 1 aromatic carbocycles. The molecule has 88 valence electrons. The molecule has 3 rings (SSSR count). The van der Waals surface area contributed by atoms with Crippen molar-refractivity contribution in [2.75, 3.05) is 5.73 Å². The molecule has 0 aliphatic carbocycles. The van der Waals surface area contributed by atoms with Crippen LogP contribution in [0, 0.1) is 0 Å². The molecule has 5 nitrogen and oxygen atoms in total. The fraction of sp³-hybridized carbons (Fsp3) is 0. The summed E-state index contributed by atoms with van der Waals surface area (Å²) >= 11 is 0. The number of fused-ring (bicyclic) bond motifs is 1. The molecule has 0 aliphatic heterocycles. The Bertz CT molecular complexity index is 765. The molecule has 0 fully saturated rings. The number of nitrogen functional groups attached to an aromatic ring is 1. The summed E-state index contributed by atoms with van der Waals surface area (Å²) in [7, 11) is 0. The van der Waals surface area contributed by atoms with Crippen LogP contribution in [0.4, 0.5) is 5.95 Å². The smallest absolute Gasteiger partial charge is 0.261 e. The van der Waals surface area contributed by atoms with E-state index in [4.69, 9.17) is 5.73 Å². The lowest BCUT2D eigenvalue weighted by Crippen LogP contribution is -2.11. The summed E-state index contributed by atoms with van der Waals surface area (Å²) in [6.07, 6.45) is 0. The van der Waals surface area contributed by atoms with E-state index in [0.717, 1.165) is 11.3 Å². The van der Waals surface area contributed by atoms with Crippen LogP contribution in [0.15, 0.2) is 47.3 Å². The molecule has 2 heterocycles. The van der Waals surface area contributed by atoms with Gasteiger partial charge in [0.25, 0.3) is 5.56 Å². The summed E-state index contributed by atoms with van der Waals surface area (Å²) in [5, 5.41) is 0.434. The van der Waals surface area contributed by atoms with Gasteiger partial charge in [0.05, 0.1) is 11.1 Å². The van der Waals surface area contributed by atoms with Crippen molar-refractivity contribution < 1.29 is 0 Å². The lowest BCUT2D eigenvalue weighted by molar-refractivity contribution is 1.16. The second kappa shape index (κ2) is 3.96. The average molecular weight is 238 g/mol. The number of hydrogen-bond acceptors (Lipinski definition) is 4. The van der Waals surface area contributed by atoms with Gasteiger partial charge in [0.15, 0.2) is 5.65 Å². The molecular weight excluding hydrogens is 228 g/mol. The van der Waals surface area contributed by atoms with Gasteiger partial charge in [-0.2, -0.15) is 4.98 Å². The zero-order valence-electron chi connectivity index (χ0n) is 9.42. The molecule has 0 aliphatic rings. The quantitative estimate of drug-likeness (QED) is 0.673. The summed E-state index contributed by atoms with van der Waals surface area (Å²) in [5.41, 5.74) is 7.33. The summed E-state index contributed by atoms with van der Waals surface area (Å²) in [5.74, 6) is 0.0743. The van der Waals surface area contributed by atoms with E-state index in [0.29, 0.717) is 11.0 Å². The zero-order chi connectivity index (χ0) is 12.5. The number of nitrogens with zero attached hydrogens (tertiary/aromatic N) is 2. The Morgan fingerprint density at radius 3 is 2.56 bits per heavy atom. The highest BCUT2D eigenvalue weighted by molar-refractivity contribution is 5.78. The Morgan fingerprint density at radius 2 is 1.78 bits per heavy atom. The van der Waals surface area contributed by atoms with E-state index >= 15 is 0 Å². The Labute approximate surface area is 102 Å². The van der Waals surface area contributed by atoms with Crippen LogP contribution in [-0.2, 0) is 0 Å². The number of rotatable bonds is 1. The van der Waals surface area contributed by atoms with E-state index in [1.165, 1.54) is 0 Å².